The van der Waals surface area contributed by atoms with Gasteiger partial charge in [-0.1, -0.05) is 13.8 Å². The second-order valence-electron chi connectivity index (χ2n) is 2.95. The molecule has 60 valence electrons. The Hall–Kier alpha value is 0.270. The third-order valence-electron chi connectivity index (χ3n) is 2.04. The molecule has 1 heterocycles. The Morgan fingerprint density at radius 3 is 2.00 bits per heavy atom. The standard InChI is InChI=1S/C7H16N2S/c1-6(2)7(10-3)8-4-5-9-7/h6,8-9H,4-5H2,1-3H3. The monoisotopic (exact) mass is 160 g/mol. The lowest BCUT2D eigenvalue weighted by molar-refractivity contribution is 0.371. The van der Waals surface area contributed by atoms with Gasteiger partial charge in [0.2, 0.25) is 0 Å². The summed E-state index contributed by atoms with van der Waals surface area (Å²) in [5.74, 6) is 0.644. The molecular formula is C7H16N2S. The fraction of sp³-hybridized carbons (Fsp3) is 1.00. The molecule has 2 nitrogen and oxygen atoms in total. The normalized spacial score (nSPS) is 24.0. The van der Waals surface area contributed by atoms with E-state index in [1.807, 2.05) is 11.8 Å². The van der Waals surface area contributed by atoms with Gasteiger partial charge in [-0.05, 0) is 12.2 Å². The average Bonchev–Trinajstić information content (AvgIpc) is 2.35. The van der Waals surface area contributed by atoms with Gasteiger partial charge in [-0.15, -0.1) is 11.8 Å². The highest BCUT2D eigenvalue weighted by molar-refractivity contribution is 7.99. The molecule has 0 aliphatic carbocycles. The zero-order valence-electron chi connectivity index (χ0n) is 6.90. The van der Waals surface area contributed by atoms with Gasteiger partial charge in [0.15, 0.2) is 0 Å². The molecule has 0 saturated carbocycles. The Labute approximate surface area is 67.1 Å². The molecule has 0 amide bonds. The van der Waals surface area contributed by atoms with Crippen LogP contribution < -0.4 is 10.6 Å². The lowest BCUT2D eigenvalue weighted by Crippen LogP contribution is -2.50. The second-order valence-corrected chi connectivity index (χ2v) is 4.00. The molecule has 0 unspecified atom stereocenters. The molecule has 0 spiro atoms. The Kier molecular flexibility index (Phi) is 2.61. The van der Waals surface area contributed by atoms with E-state index in [2.05, 4.69) is 30.7 Å². The smallest absolute Gasteiger partial charge is 0.119 e. The van der Waals surface area contributed by atoms with Crippen LogP contribution in [0.2, 0.25) is 0 Å². The van der Waals surface area contributed by atoms with Gasteiger partial charge in [0, 0.05) is 13.1 Å². The van der Waals surface area contributed by atoms with Crippen LogP contribution in [-0.2, 0) is 0 Å². The molecule has 1 aliphatic heterocycles. The molecule has 3 heteroatoms. The molecule has 1 rings (SSSR count). The summed E-state index contributed by atoms with van der Waals surface area (Å²) < 4.78 is 0. The third kappa shape index (κ3) is 1.31. The number of thioether (sulfide) groups is 1. The van der Waals surface area contributed by atoms with Crippen molar-refractivity contribution in [2.75, 3.05) is 19.3 Å². The van der Waals surface area contributed by atoms with Crippen molar-refractivity contribution in [2.24, 2.45) is 5.92 Å². The predicted molar refractivity (Wildman–Crippen MR) is 47.1 cm³/mol. The first-order chi connectivity index (χ1) is 4.71. The van der Waals surface area contributed by atoms with Crippen LogP contribution >= 0.6 is 11.8 Å². The molecule has 0 aromatic carbocycles. The van der Waals surface area contributed by atoms with E-state index in [1.54, 1.807) is 0 Å². The van der Waals surface area contributed by atoms with Gasteiger partial charge < -0.3 is 0 Å². The van der Waals surface area contributed by atoms with Crippen molar-refractivity contribution in [3.8, 4) is 0 Å². The van der Waals surface area contributed by atoms with Crippen LogP contribution in [0.15, 0.2) is 0 Å². The van der Waals surface area contributed by atoms with Crippen molar-refractivity contribution in [3.63, 3.8) is 0 Å². The molecule has 1 aliphatic rings. The van der Waals surface area contributed by atoms with Crippen molar-refractivity contribution in [2.45, 2.75) is 18.8 Å². The Morgan fingerprint density at radius 1 is 1.30 bits per heavy atom. The number of rotatable bonds is 2. The quantitative estimate of drug-likeness (QED) is 0.626. The lowest BCUT2D eigenvalue weighted by Gasteiger charge is -2.31. The minimum atomic E-state index is 0.153. The summed E-state index contributed by atoms with van der Waals surface area (Å²) in [6.45, 7) is 6.67. The molecule has 1 saturated heterocycles. The van der Waals surface area contributed by atoms with Crippen LogP contribution in [0.4, 0.5) is 0 Å². The van der Waals surface area contributed by atoms with Crippen molar-refractivity contribution in [3.05, 3.63) is 0 Å². The Balaban J connectivity index is 2.58. The van der Waals surface area contributed by atoms with Crippen LogP contribution in [-0.4, -0.2) is 24.3 Å². The van der Waals surface area contributed by atoms with E-state index in [-0.39, 0.29) is 4.99 Å². The average molecular weight is 160 g/mol. The van der Waals surface area contributed by atoms with E-state index in [4.69, 9.17) is 0 Å². The summed E-state index contributed by atoms with van der Waals surface area (Å²) in [5.41, 5.74) is 0. The summed E-state index contributed by atoms with van der Waals surface area (Å²) >= 11 is 1.87. The SMILES string of the molecule is CSC1(C(C)C)NCCN1. The molecule has 0 aromatic heterocycles. The first kappa shape index (κ1) is 8.37. The zero-order chi connectivity index (χ0) is 7.61. The van der Waals surface area contributed by atoms with Gasteiger partial charge in [-0.25, -0.2) is 0 Å². The van der Waals surface area contributed by atoms with Crippen molar-refractivity contribution in [1.82, 2.24) is 10.6 Å². The highest BCUT2D eigenvalue weighted by atomic mass is 32.2. The van der Waals surface area contributed by atoms with Gasteiger partial charge >= 0.3 is 0 Å². The summed E-state index contributed by atoms with van der Waals surface area (Å²) in [4.78, 5) is 0.153. The van der Waals surface area contributed by atoms with Crippen molar-refractivity contribution < 1.29 is 0 Å². The second kappa shape index (κ2) is 3.11. The highest BCUT2D eigenvalue weighted by Gasteiger charge is 2.34. The topological polar surface area (TPSA) is 24.1 Å². The van der Waals surface area contributed by atoms with E-state index < -0.39 is 0 Å². The van der Waals surface area contributed by atoms with E-state index in [1.165, 1.54) is 0 Å². The summed E-state index contributed by atoms with van der Waals surface area (Å²) in [6.07, 6.45) is 2.14. The fourth-order valence-electron chi connectivity index (χ4n) is 1.35. The van der Waals surface area contributed by atoms with E-state index >= 15 is 0 Å². The maximum Gasteiger partial charge on any atom is 0.119 e. The zero-order valence-corrected chi connectivity index (χ0v) is 7.72. The molecule has 0 atom stereocenters. The molecule has 0 aromatic rings. The Morgan fingerprint density at radius 2 is 1.80 bits per heavy atom. The molecule has 0 bridgehead atoms. The fourth-order valence-corrected chi connectivity index (χ4v) is 2.31. The van der Waals surface area contributed by atoms with Gasteiger partial charge in [-0.2, -0.15) is 0 Å². The van der Waals surface area contributed by atoms with Crippen molar-refractivity contribution in [1.29, 1.82) is 0 Å². The lowest BCUT2D eigenvalue weighted by atomic mass is 10.1. The van der Waals surface area contributed by atoms with Crippen LogP contribution in [0, 0.1) is 5.92 Å². The minimum absolute atomic E-state index is 0.153. The third-order valence-corrected chi connectivity index (χ3v) is 3.44. The number of hydrogen-bond donors (Lipinski definition) is 2. The summed E-state index contributed by atoms with van der Waals surface area (Å²) in [6, 6.07) is 0. The largest absolute Gasteiger partial charge is 0.289 e. The van der Waals surface area contributed by atoms with Crippen LogP contribution in [0.1, 0.15) is 13.8 Å². The minimum Gasteiger partial charge on any atom is -0.289 e. The molecule has 0 radical (unpaired) electrons. The van der Waals surface area contributed by atoms with Gasteiger partial charge in [0.1, 0.15) is 4.99 Å². The predicted octanol–water partition coefficient (Wildman–Crippen LogP) is 0.852. The van der Waals surface area contributed by atoms with E-state index in [0.29, 0.717) is 5.92 Å². The molecular weight excluding hydrogens is 144 g/mol. The maximum absolute atomic E-state index is 3.47. The number of nitrogens with one attached hydrogen (secondary N) is 2. The Bertz CT molecular complexity index is 108. The van der Waals surface area contributed by atoms with Crippen LogP contribution in [0.3, 0.4) is 0 Å². The van der Waals surface area contributed by atoms with Gasteiger partial charge in [0.25, 0.3) is 0 Å². The number of hydrogen-bond acceptors (Lipinski definition) is 3. The van der Waals surface area contributed by atoms with E-state index in [0.717, 1.165) is 13.1 Å². The first-order valence-corrected chi connectivity index (χ1v) is 4.99. The van der Waals surface area contributed by atoms with Crippen molar-refractivity contribution >= 4 is 11.8 Å². The van der Waals surface area contributed by atoms with Crippen LogP contribution in [0.5, 0.6) is 0 Å². The summed E-state index contributed by atoms with van der Waals surface area (Å²) in [5, 5.41) is 6.94. The van der Waals surface area contributed by atoms with Gasteiger partial charge in [-0.3, -0.25) is 10.6 Å². The molecule has 2 N–H and O–H groups in total. The van der Waals surface area contributed by atoms with E-state index in [9.17, 15) is 0 Å². The maximum atomic E-state index is 3.47. The molecule has 10 heavy (non-hydrogen) atoms. The van der Waals surface area contributed by atoms with Crippen LogP contribution in [0.25, 0.3) is 0 Å². The summed E-state index contributed by atoms with van der Waals surface area (Å²) in [7, 11) is 0. The first-order valence-electron chi connectivity index (χ1n) is 3.76. The van der Waals surface area contributed by atoms with Gasteiger partial charge in [0.05, 0.1) is 0 Å². The molecule has 1 fully saturated rings. The highest BCUT2D eigenvalue weighted by Crippen LogP contribution is 2.26.